The van der Waals surface area contributed by atoms with Crippen LogP contribution in [0.4, 0.5) is 13.2 Å². The Hall–Kier alpha value is -2.92. The first kappa shape index (κ1) is 20.8. The van der Waals surface area contributed by atoms with Crippen molar-refractivity contribution in [3.8, 4) is 0 Å². The van der Waals surface area contributed by atoms with Crippen molar-refractivity contribution in [3.63, 3.8) is 0 Å². The Morgan fingerprint density at radius 1 is 1.17 bits per heavy atom. The summed E-state index contributed by atoms with van der Waals surface area (Å²) < 4.78 is 65.5. The van der Waals surface area contributed by atoms with Gasteiger partial charge in [-0.3, -0.25) is 4.79 Å². The summed E-state index contributed by atoms with van der Waals surface area (Å²) in [6.45, 7) is 0.410. The maximum atomic E-state index is 12.4. The van der Waals surface area contributed by atoms with Crippen molar-refractivity contribution in [2.45, 2.75) is 24.5 Å². The SMILES string of the molecule is Cc1ccn2cc(CNS(=O)(=O)c3ccc(C(=O)NCC(F)(F)F)cc3)nc2c1. The van der Waals surface area contributed by atoms with Gasteiger partial charge in [0.15, 0.2) is 0 Å². The van der Waals surface area contributed by atoms with Crippen LogP contribution in [0.1, 0.15) is 21.6 Å². The summed E-state index contributed by atoms with van der Waals surface area (Å²) in [5.41, 5.74) is 2.15. The van der Waals surface area contributed by atoms with Gasteiger partial charge in [-0.25, -0.2) is 18.1 Å². The van der Waals surface area contributed by atoms with Crippen LogP contribution in [0.15, 0.2) is 53.7 Å². The third-order valence-electron chi connectivity index (χ3n) is 3.99. The van der Waals surface area contributed by atoms with E-state index in [0.29, 0.717) is 11.3 Å². The third kappa shape index (κ3) is 5.33. The highest BCUT2D eigenvalue weighted by Crippen LogP contribution is 2.15. The number of nitrogens with zero attached hydrogens (tertiary/aromatic N) is 2. The molecule has 0 aliphatic carbocycles. The molecule has 2 aromatic heterocycles. The zero-order valence-electron chi connectivity index (χ0n) is 15.2. The fourth-order valence-electron chi connectivity index (χ4n) is 2.54. The van der Waals surface area contributed by atoms with Gasteiger partial charge in [0, 0.05) is 18.0 Å². The average Bonchev–Trinajstić information content (AvgIpc) is 3.06. The Morgan fingerprint density at radius 2 is 1.86 bits per heavy atom. The molecule has 1 amide bonds. The van der Waals surface area contributed by atoms with Crippen LogP contribution in [0.25, 0.3) is 5.65 Å². The number of sulfonamides is 1. The molecule has 3 rings (SSSR count). The highest BCUT2D eigenvalue weighted by atomic mass is 32.2. The van der Waals surface area contributed by atoms with E-state index >= 15 is 0 Å². The number of amides is 1. The molecule has 154 valence electrons. The lowest BCUT2D eigenvalue weighted by Crippen LogP contribution is -2.33. The highest BCUT2D eigenvalue weighted by Gasteiger charge is 2.28. The number of benzene rings is 1. The summed E-state index contributed by atoms with van der Waals surface area (Å²) >= 11 is 0. The van der Waals surface area contributed by atoms with Gasteiger partial charge in [0.25, 0.3) is 5.91 Å². The first-order valence-corrected chi connectivity index (χ1v) is 9.91. The van der Waals surface area contributed by atoms with E-state index in [4.69, 9.17) is 0 Å². The Labute approximate surface area is 164 Å². The number of carbonyl (C=O) groups excluding carboxylic acids is 1. The predicted molar refractivity (Wildman–Crippen MR) is 98.8 cm³/mol. The van der Waals surface area contributed by atoms with Gasteiger partial charge in [-0.2, -0.15) is 13.2 Å². The van der Waals surface area contributed by atoms with Crippen molar-refractivity contribution in [2.24, 2.45) is 0 Å². The number of aryl methyl sites for hydroxylation is 1. The number of hydrogen-bond donors (Lipinski definition) is 2. The van der Waals surface area contributed by atoms with Crippen LogP contribution in [-0.4, -0.2) is 36.4 Å². The van der Waals surface area contributed by atoms with Crippen molar-refractivity contribution >= 4 is 21.6 Å². The molecule has 0 radical (unpaired) electrons. The molecule has 0 bridgehead atoms. The number of pyridine rings is 1. The number of fused-ring (bicyclic) bond motifs is 1. The van der Waals surface area contributed by atoms with Crippen molar-refractivity contribution in [3.05, 3.63) is 65.6 Å². The van der Waals surface area contributed by atoms with Gasteiger partial charge in [0.1, 0.15) is 12.2 Å². The summed E-state index contributed by atoms with van der Waals surface area (Å²) in [5, 5.41) is 1.72. The molecule has 29 heavy (non-hydrogen) atoms. The minimum atomic E-state index is -4.53. The Balaban J connectivity index is 1.66. The standard InChI is InChI=1S/C18H17F3N4O3S/c1-12-6-7-25-10-14(24-16(25)8-12)9-23-29(27,28)15-4-2-13(3-5-15)17(26)22-11-18(19,20)21/h2-8,10,23H,9,11H2,1H3,(H,22,26). The van der Waals surface area contributed by atoms with E-state index in [2.05, 4.69) is 9.71 Å². The Bertz CT molecular complexity index is 1140. The summed E-state index contributed by atoms with van der Waals surface area (Å²) in [6.07, 6.45) is -1.01. The highest BCUT2D eigenvalue weighted by molar-refractivity contribution is 7.89. The molecule has 0 aliphatic heterocycles. The summed E-state index contributed by atoms with van der Waals surface area (Å²) in [7, 11) is -3.89. The topological polar surface area (TPSA) is 92.6 Å². The van der Waals surface area contributed by atoms with E-state index in [1.807, 2.05) is 25.3 Å². The van der Waals surface area contributed by atoms with E-state index in [0.717, 1.165) is 29.8 Å². The van der Waals surface area contributed by atoms with E-state index in [1.54, 1.807) is 15.9 Å². The number of alkyl halides is 3. The number of imidazole rings is 1. The molecule has 0 fully saturated rings. The Morgan fingerprint density at radius 3 is 2.52 bits per heavy atom. The predicted octanol–water partition coefficient (Wildman–Crippen LogP) is 2.41. The van der Waals surface area contributed by atoms with Crippen molar-refractivity contribution in [1.29, 1.82) is 0 Å². The minimum Gasteiger partial charge on any atom is -0.343 e. The number of halogens is 3. The quantitative estimate of drug-likeness (QED) is 0.633. The van der Waals surface area contributed by atoms with Crippen LogP contribution in [-0.2, 0) is 16.6 Å². The molecule has 0 saturated heterocycles. The van der Waals surface area contributed by atoms with Crippen LogP contribution in [0.2, 0.25) is 0 Å². The summed E-state index contributed by atoms with van der Waals surface area (Å²) in [6, 6.07) is 8.35. The zero-order valence-corrected chi connectivity index (χ0v) is 16.0. The van der Waals surface area contributed by atoms with Crippen molar-refractivity contribution in [2.75, 3.05) is 6.54 Å². The van der Waals surface area contributed by atoms with Gasteiger partial charge in [-0.05, 0) is 48.9 Å². The summed E-state index contributed by atoms with van der Waals surface area (Å²) in [4.78, 5) is 15.9. The summed E-state index contributed by atoms with van der Waals surface area (Å²) in [5.74, 6) is -0.945. The molecule has 0 unspecified atom stereocenters. The normalized spacial score (nSPS) is 12.3. The minimum absolute atomic E-state index is 0.0448. The third-order valence-corrected chi connectivity index (χ3v) is 5.40. The molecular formula is C18H17F3N4O3S. The van der Waals surface area contributed by atoms with Gasteiger partial charge < -0.3 is 9.72 Å². The van der Waals surface area contributed by atoms with Gasteiger partial charge in [-0.15, -0.1) is 0 Å². The molecule has 0 atom stereocenters. The monoisotopic (exact) mass is 426 g/mol. The number of nitrogens with one attached hydrogen (secondary N) is 2. The van der Waals surface area contributed by atoms with Crippen LogP contribution in [0.3, 0.4) is 0 Å². The molecule has 0 saturated carbocycles. The molecule has 0 spiro atoms. The van der Waals surface area contributed by atoms with Crippen LogP contribution in [0, 0.1) is 6.92 Å². The van der Waals surface area contributed by atoms with Crippen molar-refractivity contribution < 1.29 is 26.4 Å². The molecule has 2 heterocycles. The van der Waals surface area contributed by atoms with Gasteiger partial charge in [0.2, 0.25) is 10.0 Å². The van der Waals surface area contributed by atoms with E-state index in [1.165, 1.54) is 0 Å². The lowest BCUT2D eigenvalue weighted by Gasteiger charge is -2.09. The zero-order chi connectivity index (χ0) is 21.2. The van der Waals surface area contributed by atoms with Crippen molar-refractivity contribution in [1.82, 2.24) is 19.4 Å². The number of hydrogen-bond acceptors (Lipinski definition) is 4. The maximum absolute atomic E-state index is 12.4. The fraction of sp³-hybridized carbons (Fsp3) is 0.222. The first-order valence-electron chi connectivity index (χ1n) is 8.42. The second kappa shape index (κ2) is 7.84. The lowest BCUT2D eigenvalue weighted by atomic mass is 10.2. The van der Waals surface area contributed by atoms with Crippen LogP contribution >= 0.6 is 0 Å². The number of carbonyl (C=O) groups is 1. The van der Waals surface area contributed by atoms with Gasteiger partial charge >= 0.3 is 6.18 Å². The largest absolute Gasteiger partial charge is 0.405 e. The number of rotatable bonds is 6. The molecule has 1 aromatic carbocycles. The second-order valence-corrected chi connectivity index (χ2v) is 8.12. The van der Waals surface area contributed by atoms with E-state index < -0.39 is 28.7 Å². The van der Waals surface area contributed by atoms with Gasteiger partial charge in [0.05, 0.1) is 17.1 Å². The Kier molecular flexibility index (Phi) is 5.62. The molecule has 0 aliphatic rings. The van der Waals surface area contributed by atoms with Crippen LogP contribution in [0.5, 0.6) is 0 Å². The number of aromatic nitrogens is 2. The molecule has 11 heteroatoms. The van der Waals surface area contributed by atoms with E-state index in [9.17, 15) is 26.4 Å². The lowest BCUT2D eigenvalue weighted by molar-refractivity contribution is -0.123. The average molecular weight is 426 g/mol. The molecule has 2 N–H and O–H groups in total. The molecule has 7 nitrogen and oxygen atoms in total. The fourth-order valence-corrected chi connectivity index (χ4v) is 3.54. The molecular weight excluding hydrogens is 409 g/mol. The molecule has 3 aromatic rings. The first-order chi connectivity index (χ1) is 13.5. The van der Waals surface area contributed by atoms with E-state index in [-0.39, 0.29) is 17.0 Å². The van der Waals surface area contributed by atoms with Gasteiger partial charge in [-0.1, -0.05) is 0 Å². The second-order valence-electron chi connectivity index (χ2n) is 6.35. The maximum Gasteiger partial charge on any atom is 0.405 e. The van der Waals surface area contributed by atoms with Crippen LogP contribution < -0.4 is 10.0 Å². The smallest absolute Gasteiger partial charge is 0.343 e.